The van der Waals surface area contributed by atoms with Crippen LogP contribution in [0.15, 0.2) is 5.16 Å². The summed E-state index contributed by atoms with van der Waals surface area (Å²) in [5.41, 5.74) is 0.481. The molecular weight excluding hydrogens is 166 g/mol. The molecule has 0 aliphatic heterocycles. The fourth-order valence-electron chi connectivity index (χ4n) is 0.603. The highest BCUT2D eigenvalue weighted by molar-refractivity contribution is 7.92. The Morgan fingerprint density at radius 1 is 1.55 bits per heavy atom. The lowest BCUT2D eigenvalue weighted by Crippen LogP contribution is -2.15. The second kappa shape index (κ2) is 4.33. The summed E-state index contributed by atoms with van der Waals surface area (Å²) >= 11 is 0. The number of hydrogen-bond donors (Lipinski definition) is 0. The molecule has 5 heteroatoms. The van der Waals surface area contributed by atoms with E-state index in [9.17, 15) is 8.42 Å². The van der Waals surface area contributed by atoms with Crippen LogP contribution in [0.1, 0.15) is 13.8 Å². The Morgan fingerprint density at radius 3 is 2.45 bits per heavy atom. The van der Waals surface area contributed by atoms with E-state index in [1.165, 1.54) is 7.11 Å². The average Bonchev–Trinajstić information content (AvgIpc) is 1.87. The Morgan fingerprint density at radius 2 is 2.09 bits per heavy atom. The molecule has 0 aromatic rings. The molecule has 0 fully saturated rings. The van der Waals surface area contributed by atoms with Gasteiger partial charge < -0.3 is 4.84 Å². The summed E-state index contributed by atoms with van der Waals surface area (Å²) in [6.45, 7) is 3.23. The largest absolute Gasteiger partial charge is 0.399 e. The maximum Gasteiger partial charge on any atom is 0.155 e. The predicted octanol–water partition coefficient (Wildman–Crippen LogP) is 0.443. The topological polar surface area (TPSA) is 55.7 Å². The second-order valence-corrected chi connectivity index (χ2v) is 4.54. The standard InChI is InChI=1S/C6H13NO3S/c1-4-11(8,9)5-6(2)7-10-3/h4-5H2,1-3H3/b7-6+. The predicted molar refractivity (Wildman–Crippen MR) is 44.4 cm³/mol. The second-order valence-electron chi connectivity index (χ2n) is 2.19. The summed E-state index contributed by atoms with van der Waals surface area (Å²) < 4.78 is 21.9. The molecule has 0 heterocycles. The van der Waals surface area contributed by atoms with Crippen molar-refractivity contribution >= 4 is 15.5 Å². The van der Waals surface area contributed by atoms with Gasteiger partial charge in [0.2, 0.25) is 0 Å². The first-order valence-corrected chi connectivity index (χ1v) is 5.11. The van der Waals surface area contributed by atoms with E-state index in [1.807, 2.05) is 0 Å². The number of rotatable bonds is 4. The summed E-state index contributed by atoms with van der Waals surface area (Å²) in [4.78, 5) is 4.42. The number of sulfone groups is 1. The summed E-state index contributed by atoms with van der Waals surface area (Å²) in [6.07, 6.45) is 0. The fraction of sp³-hybridized carbons (Fsp3) is 0.833. The molecule has 0 amide bonds. The van der Waals surface area contributed by atoms with E-state index in [1.54, 1.807) is 13.8 Å². The van der Waals surface area contributed by atoms with Crippen LogP contribution in [0.3, 0.4) is 0 Å². The van der Waals surface area contributed by atoms with Gasteiger partial charge in [0.05, 0.1) is 11.5 Å². The van der Waals surface area contributed by atoms with Crippen LogP contribution in [-0.2, 0) is 14.7 Å². The Kier molecular flexibility index (Phi) is 4.10. The molecule has 0 bridgehead atoms. The zero-order valence-electron chi connectivity index (χ0n) is 6.99. The van der Waals surface area contributed by atoms with Gasteiger partial charge in [-0.1, -0.05) is 12.1 Å². The van der Waals surface area contributed by atoms with Crippen molar-refractivity contribution in [3.63, 3.8) is 0 Å². The van der Waals surface area contributed by atoms with Gasteiger partial charge in [0.1, 0.15) is 7.11 Å². The van der Waals surface area contributed by atoms with Gasteiger partial charge in [-0.15, -0.1) is 0 Å². The van der Waals surface area contributed by atoms with E-state index in [4.69, 9.17) is 0 Å². The molecule has 4 nitrogen and oxygen atoms in total. The lowest BCUT2D eigenvalue weighted by atomic mass is 10.5. The van der Waals surface area contributed by atoms with Crippen LogP contribution in [0.2, 0.25) is 0 Å². The third-order valence-electron chi connectivity index (χ3n) is 1.12. The van der Waals surface area contributed by atoms with E-state index >= 15 is 0 Å². The SMILES string of the molecule is CCS(=O)(=O)C/C(C)=N/OC. The molecule has 0 aromatic carbocycles. The van der Waals surface area contributed by atoms with E-state index < -0.39 is 9.84 Å². The van der Waals surface area contributed by atoms with Crippen molar-refractivity contribution in [3.05, 3.63) is 0 Å². The maximum atomic E-state index is 10.9. The van der Waals surface area contributed by atoms with Crippen LogP contribution >= 0.6 is 0 Å². The van der Waals surface area contributed by atoms with Crippen molar-refractivity contribution in [1.82, 2.24) is 0 Å². The van der Waals surface area contributed by atoms with Crippen molar-refractivity contribution in [2.45, 2.75) is 13.8 Å². The molecule has 0 N–H and O–H groups in total. The lowest BCUT2D eigenvalue weighted by molar-refractivity contribution is 0.213. The first-order valence-electron chi connectivity index (χ1n) is 3.29. The minimum atomic E-state index is -2.95. The molecule has 0 aliphatic carbocycles. The molecular formula is C6H13NO3S. The number of nitrogens with zero attached hydrogens (tertiary/aromatic N) is 1. The fourth-order valence-corrected chi connectivity index (χ4v) is 1.50. The van der Waals surface area contributed by atoms with E-state index in [-0.39, 0.29) is 11.5 Å². The minimum absolute atomic E-state index is 0.0165. The Balaban J connectivity index is 4.16. The molecule has 0 rings (SSSR count). The van der Waals surface area contributed by atoms with Gasteiger partial charge in [-0.3, -0.25) is 0 Å². The van der Waals surface area contributed by atoms with Gasteiger partial charge in [-0.2, -0.15) is 0 Å². The first kappa shape index (κ1) is 10.4. The zero-order chi connectivity index (χ0) is 8.91. The quantitative estimate of drug-likeness (QED) is 0.465. The van der Waals surface area contributed by atoms with Gasteiger partial charge >= 0.3 is 0 Å². The maximum absolute atomic E-state index is 10.9. The third-order valence-corrected chi connectivity index (χ3v) is 2.85. The highest BCUT2D eigenvalue weighted by atomic mass is 32.2. The number of oxime groups is 1. The molecule has 0 aromatic heterocycles. The average molecular weight is 179 g/mol. The van der Waals surface area contributed by atoms with E-state index in [0.717, 1.165) is 0 Å². The lowest BCUT2D eigenvalue weighted by Gasteiger charge is -1.98. The van der Waals surface area contributed by atoms with Gasteiger partial charge in [0, 0.05) is 5.75 Å². The van der Waals surface area contributed by atoms with Crippen molar-refractivity contribution < 1.29 is 13.3 Å². The zero-order valence-corrected chi connectivity index (χ0v) is 7.81. The van der Waals surface area contributed by atoms with E-state index in [0.29, 0.717) is 5.71 Å². The van der Waals surface area contributed by atoms with Crippen LogP contribution in [0.5, 0.6) is 0 Å². The van der Waals surface area contributed by atoms with Crippen LogP contribution in [-0.4, -0.2) is 32.7 Å². The van der Waals surface area contributed by atoms with Crippen molar-refractivity contribution in [2.24, 2.45) is 5.16 Å². The molecule has 0 spiro atoms. The summed E-state index contributed by atoms with van der Waals surface area (Å²) in [7, 11) is -1.56. The Bertz CT molecular complexity index is 230. The monoisotopic (exact) mass is 179 g/mol. The molecule has 11 heavy (non-hydrogen) atoms. The molecule has 66 valence electrons. The van der Waals surface area contributed by atoms with Gasteiger partial charge in [0.15, 0.2) is 9.84 Å². The molecule has 0 saturated carbocycles. The Hall–Kier alpha value is -0.580. The normalized spacial score (nSPS) is 13.2. The molecule has 0 radical (unpaired) electrons. The van der Waals surface area contributed by atoms with Crippen molar-refractivity contribution in [2.75, 3.05) is 18.6 Å². The summed E-state index contributed by atoms with van der Waals surface area (Å²) in [6, 6.07) is 0. The highest BCUT2D eigenvalue weighted by Crippen LogP contribution is 1.91. The highest BCUT2D eigenvalue weighted by Gasteiger charge is 2.08. The summed E-state index contributed by atoms with van der Waals surface area (Å²) in [5.74, 6) is 0.126. The smallest absolute Gasteiger partial charge is 0.155 e. The van der Waals surface area contributed by atoms with Gasteiger partial charge in [-0.25, -0.2) is 8.42 Å². The van der Waals surface area contributed by atoms with Crippen LogP contribution in [0.25, 0.3) is 0 Å². The molecule has 0 atom stereocenters. The third kappa shape index (κ3) is 4.78. The van der Waals surface area contributed by atoms with Crippen LogP contribution < -0.4 is 0 Å². The van der Waals surface area contributed by atoms with Crippen LogP contribution in [0.4, 0.5) is 0 Å². The van der Waals surface area contributed by atoms with Gasteiger partial charge in [-0.05, 0) is 6.92 Å². The first-order chi connectivity index (χ1) is 5.02. The molecule has 0 unspecified atom stereocenters. The molecule has 0 saturated heterocycles. The van der Waals surface area contributed by atoms with Crippen molar-refractivity contribution in [1.29, 1.82) is 0 Å². The van der Waals surface area contributed by atoms with E-state index in [2.05, 4.69) is 9.99 Å². The van der Waals surface area contributed by atoms with Crippen LogP contribution in [0, 0.1) is 0 Å². The number of hydrogen-bond acceptors (Lipinski definition) is 4. The molecule has 0 aliphatic rings. The van der Waals surface area contributed by atoms with Crippen molar-refractivity contribution in [3.8, 4) is 0 Å². The van der Waals surface area contributed by atoms with Gasteiger partial charge in [0.25, 0.3) is 0 Å². The summed E-state index contributed by atoms with van der Waals surface area (Å²) in [5, 5.41) is 3.50. The Labute approximate surface area is 67.2 Å². The minimum Gasteiger partial charge on any atom is -0.399 e.